The van der Waals surface area contributed by atoms with Gasteiger partial charge in [0.05, 0.1) is 0 Å². The molecule has 92 valence electrons. The number of aryl methyl sites for hydroxylation is 1. The van der Waals surface area contributed by atoms with Crippen molar-refractivity contribution in [2.45, 2.75) is 52.5 Å². The third kappa shape index (κ3) is 6.29. The molecule has 16 heavy (non-hydrogen) atoms. The predicted octanol–water partition coefficient (Wildman–Crippen LogP) is 4.10. The van der Waals surface area contributed by atoms with E-state index in [0.29, 0.717) is 0 Å². The van der Waals surface area contributed by atoms with E-state index in [1.165, 1.54) is 24.1 Å². The lowest BCUT2D eigenvalue weighted by Gasteiger charge is -2.23. The zero-order chi connectivity index (χ0) is 12.0. The Kier molecular flexibility index (Phi) is 5.50. The van der Waals surface area contributed by atoms with Crippen LogP contribution in [0, 0.1) is 5.92 Å². The van der Waals surface area contributed by atoms with Crippen LogP contribution in [0.1, 0.15) is 45.4 Å². The average Bonchev–Trinajstić information content (AvgIpc) is 2.66. The summed E-state index contributed by atoms with van der Waals surface area (Å²) >= 11 is 1.88. The Hall–Kier alpha value is -0.340. The zero-order valence-electron chi connectivity index (χ0n) is 11.0. The first kappa shape index (κ1) is 13.7. The van der Waals surface area contributed by atoms with E-state index in [-0.39, 0.29) is 5.54 Å². The van der Waals surface area contributed by atoms with Gasteiger partial charge >= 0.3 is 0 Å². The van der Waals surface area contributed by atoms with E-state index in [1.54, 1.807) is 0 Å². The summed E-state index contributed by atoms with van der Waals surface area (Å²) in [6.45, 7) is 10.2. The summed E-state index contributed by atoms with van der Waals surface area (Å²) < 4.78 is 0. The lowest BCUT2D eigenvalue weighted by Crippen LogP contribution is -2.38. The molecule has 0 aromatic carbocycles. The van der Waals surface area contributed by atoms with Gasteiger partial charge < -0.3 is 5.32 Å². The van der Waals surface area contributed by atoms with Crippen molar-refractivity contribution in [2.24, 2.45) is 5.92 Å². The second kappa shape index (κ2) is 6.41. The van der Waals surface area contributed by atoms with Crippen molar-refractivity contribution in [1.29, 1.82) is 0 Å². The van der Waals surface area contributed by atoms with E-state index < -0.39 is 0 Å². The first-order chi connectivity index (χ1) is 7.47. The fourth-order valence-corrected chi connectivity index (χ4v) is 2.41. The molecule has 1 atom stereocenters. The molecule has 0 radical (unpaired) electrons. The van der Waals surface area contributed by atoms with Crippen LogP contribution in [0.25, 0.3) is 0 Å². The van der Waals surface area contributed by atoms with Gasteiger partial charge in [-0.2, -0.15) is 0 Å². The van der Waals surface area contributed by atoms with Crippen molar-refractivity contribution in [3.8, 4) is 0 Å². The normalized spacial score (nSPS) is 14.0. The van der Waals surface area contributed by atoms with Crippen LogP contribution in [0.2, 0.25) is 0 Å². The highest BCUT2D eigenvalue weighted by molar-refractivity contribution is 7.09. The molecule has 1 nitrogen and oxygen atoms in total. The highest BCUT2D eigenvalue weighted by Crippen LogP contribution is 2.14. The van der Waals surface area contributed by atoms with Gasteiger partial charge in [-0.05, 0) is 63.9 Å². The average molecular weight is 239 g/mol. The van der Waals surface area contributed by atoms with Gasteiger partial charge in [0.25, 0.3) is 0 Å². The Morgan fingerprint density at radius 3 is 2.69 bits per heavy atom. The monoisotopic (exact) mass is 239 g/mol. The minimum absolute atomic E-state index is 0.252. The summed E-state index contributed by atoms with van der Waals surface area (Å²) in [5.74, 6) is 0.777. The number of nitrogens with one attached hydrogen (secondary N) is 1. The zero-order valence-corrected chi connectivity index (χ0v) is 11.9. The van der Waals surface area contributed by atoms with Crippen LogP contribution in [0.15, 0.2) is 17.5 Å². The molecule has 0 spiro atoms. The summed E-state index contributed by atoms with van der Waals surface area (Å²) in [6, 6.07) is 4.38. The first-order valence-electron chi connectivity index (χ1n) is 6.25. The van der Waals surface area contributed by atoms with Crippen LogP contribution in [-0.2, 0) is 6.42 Å². The maximum atomic E-state index is 3.57. The molecule has 0 saturated heterocycles. The first-order valence-corrected chi connectivity index (χ1v) is 7.13. The molecule has 1 unspecified atom stereocenters. The molecule has 1 aromatic rings. The van der Waals surface area contributed by atoms with E-state index in [1.807, 2.05) is 11.3 Å². The SMILES string of the molecule is CC(CCCc1cccs1)CNC(C)(C)C. The third-order valence-electron chi connectivity index (χ3n) is 2.68. The molecule has 0 bridgehead atoms. The molecule has 1 aromatic heterocycles. The van der Waals surface area contributed by atoms with Gasteiger partial charge in [0.2, 0.25) is 0 Å². The van der Waals surface area contributed by atoms with Crippen LogP contribution in [0.4, 0.5) is 0 Å². The van der Waals surface area contributed by atoms with Crippen molar-refractivity contribution in [2.75, 3.05) is 6.54 Å². The highest BCUT2D eigenvalue weighted by Gasteiger charge is 2.10. The number of hydrogen-bond donors (Lipinski definition) is 1. The number of hydrogen-bond acceptors (Lipinski definition) is 2. The van der Waals surface area contributed by atoms with Gasteiger partial charge in [-0.3, -0.25) is 0 Å². The van der Waals surface area contributed by atoms with Gasteiger partial charge in [0.1, 0.15) is 0 Å². The quantitative estimate of drug-likeness (QED) is 0.788. The Bertz CT molecular complexity index is 271. The summed E-state index contributed by atoms with van der Waals surface area (Å²) in [6.07, 6.45) is 3.88. The predicted molar refractivity (Wildman–Crippen MR) is 74.2 cm³/mol. The largest absolute Gasteiger partial charge is 0.312 e. The Labute approximate surface area is 104 Å². The van der Waals surface area contributed by atoms with Crippen molar-refractivity contribution in [1.82, 2.24) is 5.32 Å². The van der Waals surface area contributed by atoms with Crippen LogP contribution < -0.4 is 5.32 Å². The van der Waals surface area contributed by atoms with Gasteiger partial charge in [-0.15, -0.1) is 11.3 Å². The standard InChI is InChI=1S/C14H25NS/c1-12(11-15-14(2,3)4)7-5-8-13-9-6-10-16-13/h6,9-10,12,15H,5,7-8,11H2,1-4H3. The van der Waals surface area contributed by atoms with E-state index >= 15 is 0 Å². The van der Waals surface area contributed by atoms with Crippen LogP contribution >= 0.6 is 11.3 Å². The van der Waals surface area contributed by atoms with Crippen molar-refractivity contribution in [3.63, 3.8) is 0 Å². The molecule has 0 fully saturated rings. The van der Waals surface area contributed by atoms with E-state index in [9.17, 15) is 0 Å². The minimum Gasteiger partial charge on any atom is -0.312 e. The lowest BCUT2D eigenvalue weighted by atomic mass is 10.0. The number of rotatable bonds is 6. The molecule has 2 heteroatoms. The summed E-state index contributed by atoms with van der Waals surface area (Å²) in [7, 11) is 0. The second-order valence-electron chi connectivity index (χ2n) is 5.71. The Morgan fingerprint density at radius 1 is 1.38 bits per heavy atom. The lowest BCUT2D eigenvalue weighted by molar-refractivity contribution is 0.369. The Morgan fingerprint density at radius 2 is 2.12 bits per heavy atom. The molecular weight excluding hydrogens is 214 g/mol. The smallest absolute Gasteiger partial charge is 0.00966 e. The van der Waals surface area contributed by atoms with Gasteiger partial charge in [0.15, 0.2) is 0 Å². The molecule has 1 N–H and O–H groups in total. The van der Waals surface area contributed by atoms with Crippen molar-refractivity contribution >= 4 is 11.3 Å². The van der Waals surface area contributed by atoms with Crippen molar-refractivity contribution < 1.29 is 0 Å². The van der Waals surface area contributed by atoms with Crippen LogP contribution in [0.3, 0.4) is 0 Å². The molecule has 0 aliphatic heterocycles. The van der Waals surface area contributed by atoms with Gasteiger partial charge in [0, 0.05) is 10.4 Å². The summed E-state index contributed by atoms with van der Waals surface area (Å²) in [5, 5.41) is 5.73. The topological polar surface area (TPSA) is 12.0 Å². The minimum atomic E-state index is 0.252. The van der Waals surface area contributed by atoms with Gasteiger partial charge in [-0.25, -0.2) is 0 Å². The molecule has 1 heterocycles. The van der Waals surface area contributed by atoms with Crippen LogP contribution in [0.5, 0.6) is 0 Å². The highest BCUT2D eigenvalue weighted by atomic mass is 32.1. The van der Waals surface area contributed by atoms with Crippen LogP contribution in [-0.4, -0.2) is 12.1 Å². The Balaban J connectivity index is 2.09. The second-order valence-corrected chi connectivity index (χ2v) is 6.74. The fraction of sp³-hybridized carbons (Fsp3) is 0.714. The third-order valence-corrected chi connectivity index (χ3v) is 3.62. The molecule has 0 aliphatic carbocycles. The maximum absolute atomic E-state index is 3.57. The molecule has 1 rings (SSSR count). The van der Waals surface area contributed by atoms with Gasteiger partial charge in [-0.1, -0.05) is 13.0 Å². The van der Waals surface area contributed by atoms with E-state index in [0.717, 1.165) is 12.5 Å². The van der Waals surface area contributed by atoms with E-state index in [2.05, 4.69) is 50.5 Å². The molecule has 0 amide bonds. The molecular formula is C14H25NS. The molecule has 0 aliphatic rings. The van der Waals surface area contributed by atoms with Crippen molar-refractivity contribution in [3.05, 3.63) is 22.4 Å². The fourth-order valence-electron chi connectivity index (χ4n) is 1.66. The molecule has 0 saturated carbocycles. The number of thiophene rings is 1. The summed E-state index contributed by atoms with van der Waals surface area (Å²) in [5.41, 5.74) is 0.252. The maximum Gasteiger partial charge on any atom is 0.00966 e. The summed E-state index contributed by atoms with van der Waals surface area (Å²) in [4.78, 5) is 1.52. The van der Waals surface area contributed by atoms with E-state index in [4.69, 9.17) is 0 Å².